The molecule has 1 atom stereocenters. The van der Waals surface area contributed by atoms with E-state index in [-0.39, 0.29) is 5.82 Å². The lowest BCUT2D eigenvalue weighted by Crippen LogP contribution is -2.32. The normalized spacial score (nSPS) is 20.6. The van der Waals surface area contributed by atoms with Crippen LogP contribution in [0.4, 0.5) is 4.39 Å². The number of rotatable bonds is 3. The molecule has 0 amide bonds. The zero-order valence-electron chi connectivity index (χ0n) is 9.34. The average molecular weight is 287 g/mol. The first-order valence-electron chi connectivity index (χ1n) is 5.51. The van der Waals surface area contributed by atoms with Gasteiger partial charge < -0.3 is 5.32 Å². The molecule has 1 N–H and O–H groups in total. The molecule has 0 saturated carbocycles. The highest BCUT2D eigenvalue weighted by Crippen LogP contribution is 2.17. The van der Waals surface area contributed by atoms with Crippen LogP contribution in [0.2, 0.25) is 0 Å². The van der Waals surface area contributed by atoms with E-state index in [0.29, 0.717) is 6.04 Å². The molecule has 0 aliphatic carbocycles. The van der Waals surface area contributed by atoms with Gasteiger partial charge in [0, 0.05) is 23.6 Å². The molecule has 1 aliphatic heterocycles. The van der Waals surface area contributed by atoms with Gasteiger partial charge in [-0.3, -0.25) is 4.90 Å². The molecule has 1 fully saturated rings. The van der Waals surface area contributed by atoms with Crippen LogP contribution in [-0.2, 0) is 6.54 Å². The molecule has 1 heterocycles. The smallest absolute Gasteiger partial charge is 0.124 e. The molecule has 4 heteroatoms. The zero-order valence-corrected chi connectivity index (χ0v) is 10.9. The van der Waals surface area contributed by atoms with Crippen LogP contribution < -0.4 is 5.32 Å². The fourth-order valence-electron chi connectivity index (χ4n) is 2.13. The van der Waals surface area contributed by atoms with Gasteiger partial charge >= 0.3 is 0 Å². The Balaban J connectivity index is 2.02. The highest BCUT2D eigenvalue weighted by molar-refractivity contribution is 9.10. The lowest BCUT2D eigenvalue weighted by atomic mass is 10.1. The summed E-state index contributed by atoms with van der Waals surface area (Å²) in [7, 11) is 2.09. The molecule has 16 heavy (non-hydrogen) atoms. The Hall–Kier alpha value is -0.450. The topological polar surface area (TPSA) is 15.3 Å². The van der Waals surface area contributed by atoms with Crippen LogP contribution in [-0.4, -0.2) is 31.1 Å². The fourth-order valence-corrected chi connectivity index (χ4v) is 2.65. The van der Waals surface area contributed by atoms with E-state index < -0.39 is 0 Å². The van der Waals surface area contributed by atoms with Gasteiger partial charge in [0.25, 0.3) is 0 Å². The SMILES string of the molecule is CN(Cc1cc(F)cc(Br)c1)C1CCNC1. The second-order valence-electron chi connectivity index (χ2n) is 4.34. The van der Waals surface area contributed by atoms with Gasteiger partial charge in [-0.1, -0.05) is 15.9 Å². The van der Waals surface area contributed by atoms with Crippen molar-refractivity contribution in [1.82, 2.24) is 10.2 Å². The maximum Gasteiger partial charge on any atom is 0.124 e. The van der Waals surface area contributed by atoms with Crippen LogP contribution in [0.1, 0.15) is 12.0 Å². The zero-order chi connectivity index (χ0) is 11.5. The number of likely N-dealkylation sites (N-methyl/N-ethyl adjacent to an activating group) is 1. The molecule has 2 nitrogen and oxygen atoms in total. The second-order valence-corrected chi connectivity index (χ2v) is 5.26. The monoisotopic (exact) mass is 286 g/mol. The Morgan fingerprint density at radius 3 is 2.94 bits per heavy atom. The van der Waals surface area contributed by atoms with E-state index in [0.717, 1.165) is 29.7 Å². The van der Waals surface area contributed by atoms with Crippen molar-refractivity contribution in [3.05, 3.63) is 34.1 Å². The van der Waals surface area contributed by atoms with Crippen molar-refractivity contribution in [3.8, 4) is 0 Å². The first-order valence-corrected chi connectivity index (χ1v) is 6.30. The molecule has 1 aliphatic rings. The van der Waals surface area contributed by atoms with E-state index in [1.807, 2.05) is 6.07 Å². The maximum atomic E-state index is 13.2. The summed E-state index contributed by atoms with van der Waals surface area (Å²) in [6.45, 7) is 2.91. The molecular formula is C12H16BrFN2. The first-order chi connectivity index (χ1) is 7.65. The number of halogens is 2. The van der Waals surface area contributed by atoms with E-state index in [2.05, 4.69) is 33.2 Å². The molecule has 0 aromatic heterocycles. The van der Waals surface area contributed by atoms with Crippen LogP contribution in [0.15, 0.2) is 22.7 Å². The van der Waals surface area contributed by atoms with Crippen molar-refractivity contribution in [1.29, 1.82) is 0 Å². The van der Waals surface area contributed by atoms with E-state index in [1.165, 1.54) is 12.5 Å². The van der Waals surface area contributed by atoms with Gasteiger partial charge in [-0.05, 0) is 43.8 Å². The van der Waals surface area contributed by atoms with Crippen LogP contribution in [0, 0.1) is 5.82 Å². The predicted octanol–water partition coefficient (Wildman–Crippen LogP) is 2.38. The number of benzene rings is 1. The van der Waals surface area contributed by atoms with Crippen LogP contribution in [0.25, 0.3) is 0 Å². The van der Waals surface area contributed by atoms with E-state index in [4.69, 9.17) is 0 Å². The average Bonchev–Trinajstić information content (AvgIpc) is 2.68. The first kappa shape index (κ1) is 12.0. The lowest BCUT2D eigenvalue weighted by Gasteiger charge is -2.23. The van der Waals surface area contributed by atoms with E-state index in [1.54, 1.807) is 6.07 Å². The van der Waals surface area contributed by atoms with Gasteiger partial charge in [-0.2, -0.15) is 0 Å². The van der Waals surface area contributed by atoms with Crippen LogP contribution in [0.5, 0.6) is 0 Å². The summed E-state index contributed by atoms with van der Waals surface area (Å²) in [5.41, 5.74) is 1.02. The fraction of sp³-hybridized carbons (Fsp3) is 0.500. The third-order valence-electron chi connectivity index (χ3n) is 3.01. The largest absolute Gasteiger partial charge is 0.315 e. The van der Waals surface area contributed by atoms with Crippen molar-refractivity contribution < 1.29 is 4.39 Å². The Labute approximate surface area is 104 Å². The quantitative estimate of drug-likeness (QED) is 0.918. The molecule has 1 unspecified atom stereocenters. The number of nitrogens with zero attached hydrogens (tertiary/aromatic N) is 1. The molecule has 1 saturated heterocycles. The number of nitrogens with one attached hydrogen (secondary N) is 1. The highest BCUT2D eigenvalue weighted by Gasteiger charge is 2.19. The summed E-state index contributed by atoms with van der Waals surface area (Å²) < 4.78 is 14.0. The summed E-state index contributed by atoms with van der Waals surface area (Å²) >= 11 is 3.32. The molecule has 88 valence electrons. The lowest BCUT2D eigenvalue weighted by molar-refractivity contribution is 0.248. The highest BCUT2D eigenvalue weighted by atomic mass is 79.9. The van der Waals surface area contributed by atoms with Crippen molar-refractivity contribution in [2.24, 2.45) is 0 Å². The van der Waals surface area contributed by atoms with Crippen LogP contribution in [0.3, 0.4) is 0 Å². The third-order valence-corrected chi connectivity index (χ3v) is 3.47. The van der Waals surface area contributed by atoms with Crippen molar-refractivity contribution >= 4 is 15.9 Å². The minimum absolute atomic E-state index is 0.178. The summed E-state index contributed by atoms with van der Waals surface area (Å²) in [6.07, 6.45) is 1.17. The Morgan fingerprint density at radius 1 is 1.50 bits per heavy atom. The summed E-state index contributed by atoms with van der Waals surface area (Å²) in [5, 5.41) is 3.34. The predicted molar refractivity (Wildman–Crippen MR) is 66.8 cm³/mol. The summed E-state index contributed by atoms with van der Waals surface area (Å²) in [4.78, 5) is 2.28. The molecule has 0 spiro atoms. The second kappa shape index (κ2) is 5.25. The molecular weight excluding hydrogens is 271 g/mol. The Kier molecular flexibility index (Phi) is 3.95. The minimum Gasteiger partial charge on any atom is -0.315 e. The summed E-state index contributed by atoms with van der Waals surface area (Å²) in [6, 6.07) is 5.63. The van der Waals surface area contributed by atoms with E-state index in [9.17, 15) is 4.39 Å². The van der Waals surface area contributed by atoms with Crippen molar-refractivity contribution in [2.75, 3.05) is 20.1 Å². The van der Waals surface area contributed by atoms with Gasteiger partial charge in [0.1, 0.15) is 5.82 Å². The molecule has 1 aromatic carbocycles. The summed E-state index contributed by atoms with van der Waals surface area (Å²) in [5.74, 6) is -0.178. The molecule has 0 radical (unpaired) electrons. The molecule has 0 bridgehead atoms. The van der Waals surface area contributed by atoms with Crippen molar-refractivity contribution in [3.63, 3.8) is 0 Å². The minimum atomic E-state index is -0.178. The number of hydrogen-bond acceptors (Lipinski definition) is 2. The Bertz CT molecular complexity index is 344. The molecule has 2 rings (SSSR count). The van der Waals surface area contributed by atoms with E-state index >= 15 is 0 Å². The maximum absolute atomic E-state index is 13.2. The van der Waals surface area contributed by atoms with Crippen molar-refractivity contribution in [2.45, 2.75) is 19.0 Å². The standard InChI is InChI=1S/C12H16BrFN2/c1-16(12-2-3-15-7-12)8-9-4-10(13)6-11(14)5-9/h4-6,12,15H,2-3,7-8H2,1H3. The van der Waals surface area contributed by atoms with Gasteiger partial charge in [0.2, 0.25) is 0 Å². The van der Waals surface area contributed by atoms with Gasteiger partial charge in [0.05, 0.1) is 0 Å². The van der Waals surface area contributed by atoms with Gasteiger partial charge in [-0.25, -0.2) is 4.39 Å². The van der Waals surface area contributed by atoms with Crippen LogP contribution >= 0.6 is 15.9 Å². The molecule has 1 aromatic rings. The number of hydrogen-bond donors (Lipinski definition) is 1. The third kappa shape index (κ3) is 3.03. The Morgan fingerprint density at radius 2 is 2.31 bits per heavy atom. The van der Waals surface area contributed by atoms with Gasteiger partial charge in [-0.15, -0.1) is 0 Å². The van der Waals surface area contributed by atoms with Gasteiger partial charge in [0.15, 0.2) is 0 Å².